The van der Waals surface area contributed by atoms with Crippen LogP contribution in [-0.4, -0.2) is 28.2 Å². The summed E-state index contributed by atoms with van der Waals surface area (Å²) in [5.41, 5.74) is 2.12. The quantitative estimate of drug-likeness (QED) is 0.577. The van der Waals surface area contributed by atoms with Crippen LogP contribution in [0.2, 0.25) is 0 Å². The van der Waals surface area contributed by atoms with Crippen LogP contribution < -0.4 is 4.80 Å². The lowest BCUT2D eigenvalue weighted by molar-refractivity contribution is -0.115. The summed E-state index contributed by atoms with van der Waals surface area (Å²) in [5.74, 6) is 1.60. The Morgan fingerprint density at radius 2 is 2.04 bits per heavy atom. The zero-order valence-electron chi connectivity index (χ0n) is 14.4. The summed E-state index contributed by atoms with van der Waals surface area (Å²) in [5, 5.41) is 0. The number of thiazole rings is 1. The lowest BCUT2D eigenvalue weighted by Gasteiger charge is -2.03. The summed E-state index contributed by atoms with van der Waals surface area (Å²) in [6.07, 6.45) is 2.04. The smallest absolute Gasteiger partial charge is 0.258 e. The zero-order valence-corrected chi connectivity index (χ0v) is 16.8. The number of thioether (sulfide) groups is 2. The number of nitrogens with zero attached hydrogens (tertiary/aromatic N) is 2. The van der Waals surface area contributed by atoms with Crippen molar-refractivity contribution in [3.63, 3.8) is 0 Å². The highest BCUT2D eigenvalue weighted by molar-refractivity contribution is 7.99. The van der Waals surface area contributed by atoms with Crippen molar-refractivity contribution < 1.29 is 9.18 Å². The van der Waals surface area contributed by atoms with Crippen LogP contribution in [0, 0.1) is 5.82 Å². The third-order valence-corrected chi connectivity index (χ3v) is 6.34. The Hall–Kier alpha value is -1.57. The lowest BCUT2D eigenvalue weighted by atomic mass is 10.2. The van der Waals surface area contributed by atoms with Gasteiger partial charge in [-0.05, 0) is 30.0 Å². The van der Waals surface area contributed by atoms with E-state index in [9.17, 15) is 9.18 Å². The second-order valence-corrected chi connectivity index (χ2v) is 8.61. The summed E-state index contributed by atoms with van der Waals surface area (Å²) < 4.78 is 16.3. The molecule has 0 spiro atoms. The number of rotatable bonds is 7. The molecule has 0 aliphatic carbocycles. The number of aromatic nitrogens is 1. The van der Waals surface area contributed by atoms with Crippen molar-refractivity contribution in [3.05, 3.63) is 64.7 Å². The van der Waals surface area contributed by atoms with E-state index in [1.165, 1.54) is 29.0 Å². The fourth-order valence-electron chi connectivity index (χ4n) is 2.50. The highest BCUT2D eigenvalue weighted by Gasteiger charge is 2.09. The van der Waals surface area contributed by atoms with Gasteiger partial charge in [0.1, 0.15) is 5.82 Å². The SMILES string of the molecule is CSCCn1c(=NC(=O)CSCc2ccccc2)sc2cc(F)ccc21. The number of carbonyl (C=O) groups excluding carboxylic acids is 1. The van der Waals surface area contributed by atoms with Gasteiger partial charge < -0.3 is 4.57 Å². The maximum Gasteiger partial charge on any atom is 0.258 e. The van der Waals surface area contributed by atoms with Crippen molar-refractivity contribution in [1.82, 2.24) is 4.57 Å². The molecule has 0 bridgehead atoms. The summed E-state index contributed by atoms with van der Waals surface area (Å²) in [4.78, 5) is 17.2. The second kappa shape index (κ2) is 9.39. The molecular formula is C19H19FN2OS3. The molecule has 26 heavy (non-hydrogen) atoms. The number of aryl methyl sites for hydroxylation is 1. The van der Waals surface area contributed by atoms with Crippen LogP contribution in [0.3, 0.4) is 0 Å². The van der Waals surface area contributed by atoms with Crippen LogP contribution in [0.4, 0.5) is 4.39 Å². The minimum Gasteiger partial charge on any atom is -0.316 e. The Bertz CT molecular complexity index is 950. The van der Waals surface area contributed by atoms with Gasteiger partial charge in [-0.25, -0.2) is 4.39 Å². The Kier molecular flexibility index (Phi) is 6.93. The summed E-state index contributed by atoms with van der Waals surface area (Å²) in [6.45, 7) is 0.746. The van der Waals surface area contributed by atoms with Gasteiger partial charge in [-0.1, -0.05) is 41.7 Å². The van der Waals surface area contributed by atoms with Crippen molar-refractivity contribution in [2.24, 2.45) is 4.99 Å². The average molecular weight is 407 g/mol. The predicted molar refractivity (Wildman–Crippen MR) is 111 cm³/mol. The molecule has 0 fully saturated rings. The van der Waals surface area contributed by atoms with E-state index in [2.05, 4.69) is 4.99 Å². The number of carbonyl (C=O) groups is 1. The molecule has 3 nitrogen and oxygen atoms in total. The van der Waals surface area contributed by atoms with E-state index in [-0.39, 0.29) is 11.7 Å². The van der Waals surface area contributed by atoms with E-state index in [1.807, 2.05) is 41.2 Å². The molecule has 1 amide bonds. The standard InChI is InChI=1S/C19H19FN2OS3/c1-24-10-9-22-16-8-7-15(20)11-17(16)26-19(22)21-18(23)13-25-12-14-5-3-2-4-6-14/h2-8,11H,9-10,12-13H2,1H3. The summed E-state index contributed by atoms with van der Waals surface area (Å²) in [7, 11) is 0. The van der Waals surface area contributed by atoms with E-state index in [1.54, 1.807) is 29.6 Å². The zero-order chi connectivity index (χ0) is 18.4. The second-order valence-electron chi connectivity index (χ2n) is 5.63. The minimum atomic E-state index is -0.271. The number of halogens is 1. The fourth-order valence-corrected chi connectivity index (χ4v) is 4.73. The van der Waals surface area contributed by atoms with Gasteiger partial charge in [0.15, 0.2) is 4.80 Å². The van der Waals surface area contributed by atoms with Crippen LogP contribution >= 0.6 is 34.9 Å². The minimum absolute atomic E-state index is 0.157. The van der Waals surface area contributed by atoms with Gasteiger partial charge in [-0.15, -0.1) is 11.8 Å². The molecule has 0 aliphatic rings. The topological polar surface area (TPSA) is 34.4 Å². The molecule has 0 unspecified atom stereocenters. The molecule has 3 rings (SSSR count). The van der Waals surface area contributed by atoms with Crippen molar-refractivity contribution in [1.29, 1.82) is 0 Å². The normalized spacial score (nSPS) is 12.0. The van der Waals surface area contributed by atoms with E-state index < -0.39 is 0 Å². The van der Waals surface area contributed by atoms with Crippen molar-refractivity contribution in [3.8, 4) is 0 Å². The molecule has 2 aromatic carbocycles. The molecule has 0 N–H and O–H groups in total. The number of amides is 1. The maximum absolute atomic E-state index is 13.5. The van der Waals surface area contributed by atoms with Gasteiger partial charge in [0.2, 0.25) is 0 Å². The van der Waals surface area contributed by atoms with Crippen LogP contribution in [0.1, 0.15) is 5.56 Å². The molecule has 0 atom stereocenters. The fraction of sp³-hybridized carbons (Fsp3) is 0.263. The van der Waals surface area contributed by atoms with E-state index >= 15 is 0 Å². The van der Waals surface area contributed by atoms with Crippen molar-refractivity contribution in [2.75, 3.05) is 17.8 Å². The first-order valence-corrected chi connectivity index (χ1v) is 11.5. The monoisotopic (exact) mass is 406 g/mol. The molecule has 0 radical (unpaired) electrons. The molecule has 3 aromatic rings. The van der Waals surface area contributed by atoms with Gasteiger partial charge in [0.25, 0.3) is 5.91 Å². The molecule has 7 heteroatoms. The number of fused-ring (bicyclic) bond motifs is 1. The third kappa shape index (κ3) is 4.99. The van der Waals surface area contributed by atoms with Crippen LogP contribution in [0.15, 0.2) is 53.5 Å². The third-order valence-electron chi connectivity index (χ3n) is 3.72. The molecule has 0 saturated carbocycles. The van der Waals surface area contributed by atoms with Crippen LogP contribution in [0.25, 0.3) is 10.2 Å². The Balaban J connectivity index is 1.77. The highest BCUT2D eigenvalue weighted by Crippen LogP contribution is 2.19. The van der Waals surface area contributed by atoms with Gasteiger partial charge in [-0.3, -0.25) is 4.79 Å². The number of benzene rings is 2. The maximum atomic E-state index is 13.5. The summed E-state index contributed by atoms with van der Waals surface area (Å²) >= 11 is 4.65. The molecule has 1 aromatic heterocycles. The Morgan fingerprint density at radius 1 is 1.23 bits per heavy atom. The molecule has 136 valence electrons. The number of hydrogen-bond donors (Lipinski definition) is 0. The number of hydrogen-bond acceptors (Lipinski definition) is 4. The average Bonchev–Trinajstić information content (AvgIpc) is 2.96. The Labute approximate surface area is 164 Å². The van der Waals surface area contributed by atoms with Crippen molar-refractivity contribution >= 4 is 51.0 Å². The lowest BCUT2D eigenvalue weighted by Crippen LogP contribution is -2.18. The molecule has 0 aliphatic heterocycles. The molecular weight excluding hydrogens is 387 g/mol. The molecule has 0 saturated heterocycles. The van der Waals surface area contributed by atoms with E-state index in [0.717, 1.165) is 28.3 Å². The highest BCUT2D eigenvalue weighted by atomic mass is 32.2. The van der Waals surface area contributed by atoms with Gasteiger partial charge in [0, 0.05) is 18.1 Å². The van der Waals surface area contributed by atoms with Crippen LogP contribution in [-0.2, 0) is 17.1 Å². The van der Waals surface area contributed by atoms with Crippen LogP contribution in [0.5, 0.6) is 0 Å². The Morgan fingerprint density at radius 3 is 2.81 bits per heavy atom. The predicted octanol–water partition coefficient (Wildman–Crippen LogP) is 4.57. The first kappa shape index (κ1) is 19.2. The van der Waals surface area contributed by atoms with Gasteiger partial charge in [0.05, 0.1) is 16.0 Å². The molecule has 1 heterocycles. The van der Waals surface area contributed by atoms with Crippen molar-refractivity contribution in [2.45, 2.75) is 12.3 Å². The van der Waals surface area contributed by atoms with Gasteiger partial charge >= 0.3 is 0 Å². The van der Waals surface area contributed by atoms with E-state index in [4.69, 9.17) is 0 Å². The first-order valence-electron chi connectivity index (χ1n) is 8.14. The first-order chi connectivity index (χ1) is 12.7. The van der Waals surface area contributed by atoms with Gasteiger partial charge in [-0.2, -0.15) is 16.8 Å². The summed E-state index contributed by atoms with van der Waals surface area (Å²) in [6, 6.07) is 14.8. The largest absolute Gasteiger partial charge is 0.316 e. The van der Waals surface area contributed by atoms with E-state index in [0.29, 0.717) is 10.6 Å².